The quantitative estimate of drug-likeness (QED) is 0.661. The molecule has 1 N–H and O–H groups in total. The zero-order chi connectivity index (χ0) is 16.9. The van der Waals surface area contributed by atoms with Crippen molar-refractivity contribution >= 4 is 39.4 Å². The van der Waals surface area contributed by atoms with Gasteiger partial charge in [-0.15, -0.1) is 10.2 Å². The van der Waals surface area contributed by atoms with E-state index in [2.05, 4.69) is 36.4 Å². The standard InChI is InChI=1S/C16H14BrN5OS/c1-22-15(11-5-7-12(17)8-6-11)20-21-16(22)24-10-14(23)19-13-4-2-3-9-18-13/h2-9H,10H2,1H3,(H,18,19,23). The van der Waals surface area contributed by atoms with Crippen LogP contribution < -0.4 is 5.32 Å². The highest BCUT2D eigenvalue weighted by atomic mass is 79.9. The van der Waals surface area contributed by atoms with Gasteiger partial charge in [0.05, 0.1) is 5.75 Å². The van der Waals surface area contributed by atoms with Crippen molar-refractivity contribution < 1.29 is 4.79 Å². The van der Waals surface area contributed by atoms with Crippen molar-refractivity contribution in [3.05, 3.63) is 53.1 Å². The summed E-state index contributed by atoms with van der Waals surface area (Å²) in [6, 6.07) is 13.2. The Labute approximate surface area is 151 Å². The van der Waals surface area contributed by atoms with Gasteiger partial charge in [-0.05, 0) is 24.3 Å². The first-order valence-corrected chi connectivity index (χ1v) is 8.90. The second-order valence-corrected chi connectivity index (χ2v) is 6.78. The molecule has 0 bridgehead atoms. The van der Waals surface area contributed by atoms with Gasteiger partial charge in [0.2, 0.25) is 5.91 Å². The van der Waals surface area contributed by atoms with Crippen LogP contribution in [-0.4, -0.2) is 31.4 Å². The summed E-state index contributed by atoms with van der Waals surface area (Å²) in [6.07, 6.45) is 1.63. The summed E-state index contributed by atoms with van der Waals surface area (Å²) in [5, 5.41) is 11.8. The molecule has 1 aromatic carbocycles. The van der Waals surface area contributed by atoms with E-state index in [9.17, 15) is 4.79 Å². The molecule has 24 heavy (non-hydrogen) atoms. The molecule has 3 rings (SSSR count). The zero-order valence-electron chi connectivity index (χ0n) is 12.8. The van der Waals surface area contributed by atoms with Gasteiger partial charge in [0, 0.05) is 23.3 Å². The lowest BCUT2D eigenvalue weighted by atomic mass is 10.2. The zero-order valence-corrected chi connectivity index (χ0v) is 15.2. The van der Waals surface area contributed by atoms with Crippen LogP contribution in [0.3, 0.4) is 0 Å². The van der Waals surface area contributed by atoms with Crippen molar-refractivity contribution in [2.75, 3.05) is 11.1 Å². The molecule has 3 aromatic rings. The lowest BCUT2D eigenvalue weighted by Crippen LogP contribution is -2.15. The number of amides is 1. The number of halogens is 1. The maximum Gasteiger partial charge on any atom is 0.236 e. The second kappa shape index (κ2) is 7.59. The van der Waals surface area contributed by atoms with Gasteiger partial charge in [0.25, 0.3) is 0 Å². The van der Waals surface area contributed by atoms with Gasteiger partial charge in [-0.2, -0.15) is 0 Å². The van der Waals surface area contributed by atoms with Crippen molar-refractivity contribution in [3.8, 4) is 11.4 Å². The third-order valence-corrected chi connectivity index (χ3v) is 4.75. The maximum absolute atomic E-state index is 12.0. The summed E-state index contributed by atoms with van der Waals surface area (Å²) in [7, 11) is 1.89. The van der Waals surface area contributed by atoms with Crippen LogP contribution >= 0.6 is 27.7 Å². The lowest BCUT2D eigenvalue weighted by Gasteiger charge is -2.05. The van der Waals surface area contributed by atoms with Crippen molar-refractivity contribution in [2.45, 2.75) is 5.16 Å². The highest BCUT2D eigenvalue weighted by Crippen LogP contribution is 2.24. The summed E-state index contributed by atoms with van der Waals surface area (Å²) in [4.78, 5) is 16.0. The lowest BCUT2D eigenvalue weighted by molar-refractivity contribution is -0.113. The Morgan fingerprint density at radius 1 is 1.21 bits per heavy atom. The molecule has 122 valence electrons. The smallest absolute Gasteiger partial charge is 0.236 e. The summed E-state index contributed by atoms with van der Waals surface area (Å²) < 4.78 is 2.89. The molecule has 0 saturated carbocycles. The number of benzene rings is 1. The Balaban J connectivity index is 1.64. The van der Waals surface area contributed by atoms with E-state index < -0.39 is 0 Å². The van der Waals surface area contributed by atoms with Gasteiger partial charge in [-0.25, -0.2) is 4.98 Å². The fourth-order valence-electron chi connectivity index (χ4n) is 2.04. The number of thioether (sulfide) groups is 1. The van der Waals surface area contributed by atoms with Crippen LogP contribution in [-0.2, 0) is 11.8 Å². The molecule has 0 fully saturated rings. The van der Waals surface area contributed by atoms with E-state index in [0.29, 0.717) is 11.0 Å². The van der Waals surface area contributed by atoms with Crippen LogP contribution in [0.15, 0.2) is 58.3 Å². The number of aromatic nitrogens is 4. The maximum atomic E-state index is 12.0. The molecule has 0 radical (unpaired) electrons. The first kappa shape index (κ1) is 16.7. The Morgan fingerprint density at radius 2 is 2.00 bits per heavy atom. The predicted octanol–water partition coefficient (Wildman–Crippen LogP) is 3.37. The molecule has 0 spiro atoms. The van der Waals surface area contributed by atoms with Gasteiger partial charge in [0.15, 0.2) is 11.0 Å². The van der Waals surface area contributed by atoms with Crippen molar-refractivity contribution in [1.82, 2.24) is 19.7 Å². The monoisotopic (exact) mass is 403 g/mol. The van der Waals surface area contributed by atoms with E-state index in [-0.39, 0.29) is 11.7 Å². The summed E-state index contributed by atoms with van der Waals surface area (Å²) >= 11 is 4.75. The number of carbonyl (C=O) groups excluding carboxylic acids is 1. The largest absolute Gasteiger partial charge is 0.310 e. The molecule has 0 saturated heterocycles. The van der Waals surface area contributed by atoms with Gasteiger partial charge < -0.3 is 9.88 Å². The average Bonchev–Trinajstić information content (AvgIpc) is 2.95. The number of hydrogen-bond acceptors (Lipinski definition) is 5. The van der Waals surface area contributed by atoms with Crippen LogP contribution in [0.25, 0.3) is 11.4 Å². The highest BCUT2D eigenvalue weighted by molar-refractivity contribution is 9.10. The van der Waals surface area contributed by atoms with E-state index in [0.717, 1.165) is 15.9 Å². The SMILES string of the molecule is Cn1c(SCC(=O)Nc2ccccn2)nnc1-c1ccc(Br)cc1. The molecular weight excluding hydrogens is 390 g/mol. The fourth-order valence-corrected chi connectivity index (χ4v) is 3.01. The Morgan fingerprint density at radius 3 is 2.71 bits per heavy atom. The van der Waals surface area contributed by atoms with Gasteiger partial charge in [0.1, 0.15) is 5.82 Å². The number of anilines is 1. The van der Waals surface area contributed by atoms with Crippen LogP contribution in [0.1, 0.15) is 0 Å². The van der Waals surface area contributed by atoms with E-state index in [4.69, 9.17) is 0 Å². The average molecular weight is 404 g/mol. The van der Waals surface area contributed by atoms with Gasteiger partial charge in [-0.1, -0.05) is 45.9 Å². The summed E-state index contributed by atoms with van der Waals surface area (Å²) in [5.74, 6) is 1.40. The molecule has 0 unspecified atom stereocenters. The van der Waals surface area contributed by atoms with Crippen molar-refractivity contribution in [2.24, 2.45) is 7.05 Å². The van der Waals surface area contributed by atoms with Crippen LogP contribution in [0.5, 0.6) is 0 Å². The number of hydrogen-bond donors (Lipinski definition) is 1. The first-order chi connectivity index (χ1) is 11.6. The third-order valence-electron chi connectivity index (χ3n) is 3.20. The number of carbonyl (C=O) groups is 1. The summed E-state index contributed by atoms with van der Waals surface area (Å²) in [6.45, 7) is 0. The number of rotatable bonds is 5. The molecule has 6 nitrogen and oxygen atoms in total. The fraction of sp³-hybridized carbons (Fsp3) is 0.125. The van der Waals surface area contributed by atoms with Gasteiger partial charge >= 0.3 is 0 Å². The normalized spacial score (nSPS) is 10.6. The molecule has 0 atom stereocenters. The number of pyridine rings is 1. The Hall–Kier alpha value is -2.19. The molecule has 0 aliphatic heterocycles. The highest BCUT2D eigenvalue weighted by Gasteiger charge is 2.13. The van der Waals surface area contributed by atoms with E-state index in [1.165, 1.54) is 11.8 Å². The van der Waals surface area contributed by atoms with Crippen LogP contribution in [0.2, 0.25) is 0 Å². The Kier molecular flexibility index (Phi) is 5.27. The number of nitrogens with one attached hydrogen (secondary N) is 1. The minimum atomic E-state index is -0.133. The minimum absolute atomic E-state index is 0.133. The van der Waals surface area contributed by atoms with E-state index in [1.54, 1.807) is 18.3 Å². The molecule has 8 heteroatoms. The van der Waals surface area contributed by atoms with Crippen LogP contribution in [0, 0.1) is 0 Å². The molecular formula is C16H14BrN5OS. The molecule has 1 amide bonds. The molecule has 0 aliphatic rings. The number of nitrogens with zero attached hydrogens (tertiary/aromatic N) is 4. The topological polar surface area (TPSA) is 72.7 Å². The summed E-state index contributed by atoms with van der Waals surface area (Å²) in [5.41, 5.74) is 0.970. The third kappa shape index (κ3) is 4.01. The van der Waals surface area contributed by atoms with Crippen molar-refractivity contribution in [1.29, 1.82) is 0 Å². The van der Waals surface area contributed by atoms with E-state index in [1.807, 2.05) is 41.9 Å². The van der Waals surface area contributed by atoms with E-state index >= 15 is 0 Å². The first-order valence-electron chi connectivity index (χ1n) is 7.12. The molecule has 0 aliphatic carbocycles. The minimum Gasteiger partial charge on any atom is -0.310 e. The molecule has 2 aromatic heterocycles. The molecule has 2 heterocycles. The predicted molar refractivity (Wildman–Crippen MR) is 97.7 cm³/mol. The van der Waals surface area contributed by atoms with Crippen LogP contribution in [0.4, 0.5) is 5.82 Å². The van der Waals surface area contributed by atoms with Crippen molar-refractivity contribution in [3.63, 3.8) is 0 Å². The second-order valence-electron chi connectivity index (χ2n) is 4.92. The van der Waals surface area contributed by atoms with Gasteiger partial charge in [-0.3, -0.25) is 4.79 Å². The Bertz CT molecular complexity index is 835.